The number of hydrogen-bond donors (Lipinski definition) is 2. The molecule has 3 aromatic rings. The Labute approximate surface area is 183 Å². The number of benzene rings is 3. The predicted octanol–water partition coefficient (Wildman–Crippen LogP) is 6.20. The number of halogens is 2. The molecular formula is C23H17Cl2N3O2. The first kappa shape index (κ1) is 20.1. The number of nitrogens with zero attached hydrogens (tertiary/aromatic N) is 1. The summed E-state index contributed by atoms with van der Waals surface area (Å²) in [7, 11) is 0. The zero-order valence-electron chi connectivity index (χ0n) is 16.0. The quantitative estimate of drug-likeness (QED) is 0.510. The minimum absolute atomic E-state index is 0.0271. The van der Waals surface area contributed by atoms with Crippen molar-refractivity contribution in [2.75, 3.05) is 10.6 Å². The lowest BCUT2D eigenvalue weighted by molar-refractivity contribution is -0.111. The van der Waals surface area contributed by atoms with Crippen LogP contribution in [-0.4, -0.2) is 17.5 Å². The van der Waals surface area contributed by atoms with Crippen molar-refractivity contribution >= 4 is 52.1 Å². The first-order valence-electron chi connectivity index (χ1n) is 9.23. The van der Waals surface area contributed by atoms with E-state index in [2.05, 4.69) is 15.6 Å². The first-order chi connectivity index (χ1) is 14.4. The Morgan fingerprint density at radius 2 is 1.60 bits per heavy atom. The fraction of sp³-hybridized carbons (Fsp3) is 0.0870. The summed E-state index contributed by atoms with van der Waals surface area (Å²) in [4.78, 5) is 28.4. The van der Waals surface area contributed by atoms with E-state index in [-0.39, 0.29) is 11.8 Å². The normalized spacial score (nSPS) is 12.2. The van der Waals surface area contributed by atoms with Crippen LogP contribution in [0, 0.1) is 0 Å². The molecule has 5 nitrogen and oxygen atoms in total. The van der Waals surface area contributed by atoms with E-state index in [9.17, 15) is 9.59 Å². The van der Waals surface area contributed by atoms with E-state index < -0.39 is 0 Å². The summed E-state index contributed by atoms with van der Waals surface area (Å²) in [6, 6.07) is 17.9. The summed E-state index contributed by atoms with van der Waals surface area (Å²) >= 11 is 11.9. The third-order valence-electron chi connectivity index (χ3n) is 4.73. The number of nitrogens with one attached hydrogen (secondary N) is 2. The molecule has 1 aliphatic heterocycles. The van der Waals surface area contributed by atoms with Gasteiger partial charge in [-0.2, -0.15) is 0 Å². The minimum atomic E-state index is -0.390. The number of rotatable bonds is 4. The standard InChI is InChI=1S/C23H17Cl2N3O2/c1-13(29)22-19-7-5-15(9-16(19)12-26-22)14-3-2-4-17(10-14)27-23(30)28-18-6-8-20(24)21(25)11-18/h2-11H,12H2,1H3,(H2,27,28,30). The fourth-order valence-electron chi connectivity index (χ4n) is 3.33. The lowest BCUT2D eigenvalue weighted by atomic mass is 9.97. The maximum atomic E-state index is 12.3. The summed E-state index contributed by atoms with van der Waals surface area (Å²) in [5, 5.41) is 6.33. The molecule has 150 valence electrons. The van der Waals surface area contributed by atoms with E-state index in [1.54, 1.807) is 18.2 Å². The van der Waals surface area contributed by atoms with Crippen LogP contribution >= 0.6 is 23.2 Å². The second-order valence-electron chi connectivity index (χ2n) is 6.88. The van der Waals surface area contributed by atoms with Crippen LogP contribution in [0.5, 0.6) is 0 Å². The van der Waals surface area contributed by atoms with Crippen LogP contribution in [0.1, 0.15) is 18.1 Å². The molecule has 1 aliphatic rings. The van der Waals surface area contributed by atoms with Gasteiger partial charge in [-0.1, -0.05) is 47.5 Å². The summed E-state index contributed by atoms with van der Waals surface area (Å²) in [6.45, 7) is 2.03. The SMILES string of the molecule is CC(=O)C1=NCc2cc(-c3cccc(NC(=O)Nc4ccc(Cl)c(Cl)c4)c3)ccc21. The van der Waals surface area contributed by atoms with E-state index in [1.165, 1.54) is 6.92 Å². The van der Waals surface area contributed by atoms with Gasteiger partial charge in [0.15, 0.2) is 5.78 Å². The molecule has 1 heterocycles. The first-order valence-corrected chi connectivity index (χ1v) is 9.98. The third kappa shape index (κ3) is 4.22. The molecule has 2 N–H and O–H groups in total. The number of aliphatic imine (C=N–C) groups is 1. The second kappa shape index (κ2) is 8.30. The monoisotopic (exact) mass is 437 g/mol. The van der Waals surface area contributed by atoms with Gasteiger partial charge in [0, 0.05) is 23.9 Å². The van der Waals surface area contributed by atoms with Gasteiger partial charge in [-0.3, -0.25) is 9.79 Å². The second-order valence-corrected chi connectivity index (χ2v) is 7.70. The summed E-state index contributed by atoms with van der Waals surface area (Å²) in [6.07, 6.45) is 0. The Morgan fingerprint density at radius 1 is 0.867 bits per heavy atom. The maximum absolute atomic E-state index is 12.3. The largest absolute Gasteiger partial charge is 0.323 e. The van der Waals surface area contributed by atoms with E-state index in [4.69, 9.17) is 23.2 Å². The number of anilines is 2. The van der Waals surface area contributed by atoms with Gasteiger partial charge in [-0.25, -0.2) is 4.79 Å². The van der Waals surface area contributed by atoms with Gasteiger partial charge >= 0.3 is 6.03 Å². The molecule has 0 radical (unpaired) electrons. The molecule has 7 heteroatoms. The molecule has 0 aromatic heterocycles. The van der Waals surface area contributed by atoms with Crippen LogP contribution in [0.2, 0.25) is 10.0 Å². The van der Waals surface area contributed by atoms with Crippen LogP contribution < -0.4 is 10.6 Å². The van der Waals surface area contributed by atoms with Crippen LogP contribution in [0.15, 0.2) is 65.7 Å². The van der Waals surface area contributed by atoms with Crippen molar-refractivity contribution in [3.05, 3.63) is 81.8 Å². The molecule has 0 bridgehead atoms. The Balaban J connectivity index is 1.50. The Kier molecular flexibility index (Phi) is 5.57. The summed E-state index contributed by atoms with van der Waals surface area (Å²) in [5.74, 6) is -0.0271. The highest BCUT2D eigenvalue weighted by atomic mass is 35.5. The highest BCUT2D eigenvalue weighted by Gasteiger charge is 2.19. The number of ketones is 1. The Bertz CT molecular complexity index is 1200. The van der Waals surface area contributed by atoms with Crippen molar-refractivity contribution in [1.29, 1.82) is 0 Å². The van der Waals surface area contributed by atoms with Crippen molar-refractivity contribution < 1.29 is 9.59 Å². The number of urea groups is 1. The van der Waals surface area contributed by atoms with Gasteiger partial charge in [0.1, 0.15) is 5.71 Å². The minimum Gasteiger partial charge on any atom is -0.308 e. The number of hydrogen-bond acceptors (Lipinski definition) is 3. The van der Waals surface area contributed by atoms with Crippen molar-refractivity contribution in [1.82, 2.24) is 0 Å². The summed E-state index contributed by atoms with van der Waals surface area (Å²) in [5.41, 5.74) is 5.56. The zero-order valence-corrected chi connectivity index (χ0v) is 17.5. The van der Waals surface area contributed by atoms with Crippen LogP contribution in [0.3, 0.4) is 0 Å². The molecular weight excluding hydrogens is 421 g/mol. The molecule has 0 atom stereocenters. The van der Waals surface area contributed by atoms with E-state index in [0.717, 1.165) is 22.3 Å². The molecule has 30 heavy (non-hydrogen) atoms. The van der Waals surface area contributed by atoms with Gasteiger partial charge in [-0.15, -0.1) is 0 Å². The number of carbonyl (C=O) groups is 2. The molecule has 0 spiro atoms. The van der Waals surface area contributed by atoms with Gasteiger partial charge in [-0.05, 0) is 53.1 Å². The summed E-state index contributed by atoms with van der Waals surface area (Å²) < 4.78 is 0. The van der Waals surface area contributed by atoms with Crippen LogP contribution in [-0.2, 0) is 11.3 Å². The van der Waals surface area contributed by atoms with Gasteiger partial charge in [0.25, 0.3) is 0 Å². The molecule has 0 unspecified atom stereocenters. The molecule has 3 aromatic carbocycles. The number of amides is 2. The molecule has 0 saturated heterocycles. The highest BCUT2D eigenvalue weighted by molar-refractivity contribution is 6.46. The number of Topliss-reactive ketones (excluding diaryl/α,β-unsaturated/α-hetero) is 1. The lowest BCUT2D eigenvalue weighted by Gasteiger charge is -2.11. The molecule has 0 saturated carbocycles. The van der Waals surface area contributed by atoms with E-state index >= 15 is 0 Å². The Hall–Kier alpha value is -3.15. The molecule has 0 aliphatic carbocycles. The number of fused-ring (bicyclic) bond motifs is 1. The average Bonchev–Trinajstić information content (AvgIpc) is 3.14. The van der Waals surface area contributed by atoms with Crippen LogP contribution in [0.25, 0.3) is 11.1 Å². The smallest absolute Gasteiger partial charge is 0.308 e. The van der Waals surface area contributed by atoms with Gasteiger partial charge in [0.2, 0.25) is 0 Å². The van der Waals surface area contributed by atoms with Gasteiger partial charge in [0.05, 0.1) is 16.6 Å². The lowest BCUT2D eigenvalue weighted by Crippen LogP contribution is -2.19. The topological polar surface area (TPSA) is 70.6 Å². The maximum Gasteiger partial charge on any atom is 0.323 e. The molecule has 2 amide bonds. The van der Waals surface area contributed by atoms with E-state index in [0.29, 0.717) is 33.7 Å². The highest BCUT2D eigenvalue weighted by Crippen LogP contribution is 2.29. The van der Waals surface area contributed by atoms with Crippen LogP contribution in [0.4, 0.5) is 16.2 Å². The zero-order chi connectivity index (χ0) is 21.3. The van der Waals surface area contributed by atoms with Crippen molar-refractivity contribution in [3.63, 3.8) is 0 Å². The van der Waals surface area contributed by atoms with Crippen molar-refractivity contribution in [2.45, 2.75) is 13.5 Å². The van der Waals surface area contributed by atoms with Gasteiger partial charge < -0.3 is 10.6 Å². The molecule has 4 rings (SSSR count). The third-order valence-corrected chi connectivity index (χ3v) is 5.47. The van der Waals surface area contributed by atoms with Crippen molar-refractivity contribution in [3.8, 4) is 11.1 Å². The fourth-order valence-corrected chi connectivity index (χ4v) is 3.63. The van der Waals surface area contributed by atoms with E-state index in [1.807, 2.05) is 42.5 Å². The predicted molar refractivity (Wildman–Crippen MR) is 122 cm³/mol. The average molecular weight is 438 g/mol. The number of carbonyl (C=O) groups excluding carboxylic acids is 2. The Morgan fingerprint density at radius 3 is 2.33 bits per heavy atom. The molecule has 0 fully saturated rings. The van der Waals surface area contributed by atoms with Crippen molar-refractivity contribution in [2.24, 2.45) is 4.99 Å².